The third-order valence-electron chi connectivity index (χ3n) is 2.76. The van der Waals surface area contributed by atoms with Crippen LogP contribution in [0, 0.1) is 0 Å². The summed E-state index contributed by atoms with van der Waals surface area (Å²) in [5.74, 6) is 0.450. The summed E-state index contributed by atoms with van der Waals surface area (Å²) >= 11 is 0. The van der Waals surface area contributed by atoms with Crippen LogP contribution < -0.4 is 10.6 Å². The van der Waals surface area contributed by atoms with Gasteiger partial charge in [-0.15, -0.1) is 0 Å². The molecule has 0 radical (unpaired) electrons. The number of carbonyl (C=O) groups excluding carboxylic acids is 1. The molecule has 0 aliphatic carbocycles. The van der Waals surface area contributed by atoms with E-state index in [0.29, 0.717) is 12.5 Å². The number of aryl methyl sites for hydroxylation is 1. The maximum absolute atomic E-state index is 11.8. The van der Waals surface area contributed by atoms with E-state index in [1.807, 2.05) is 0 Å². The standard InChI is InChI=1S/C10H18N6O/c1-15-10(12-8-13-15)14-9(17)7-16-5-2-3-11-4-6-16/h8,11H,2-7H2,1H3,(H,12,13,14,17). The Balaban J connectivity index is 1.82. The Morgan fingerprint density at radius 1 is 1.53 bits per heavy atom. The van der Waals surface area contributed by atoms with Crippen molar-refractivity contribution in [3.05, 3.63) is 6.33 Å². The predicted molar refractivity (Wildman–Crippen MR) is 63.6 cm³/mol. The van der Waals surface area contributed by atoms with Gasteiger partial charge >= 0.3 is 0 Å². The Morgan fingerprint density at radius 3 is 3.18 bits per heavy atom. The highest BCUT2D eigenvalue weighted by Gasteiger charge is 2.13. The largest absolute Gasteiger partial charge is 0.315 e. The minimum Gasteiger partial charge on any atom is -0.315 e. The molecule has 0 atom stereocenters. The molecule has 1 aromatic heterocycles. The summed E-state index contributed by atoms with van der Waals surface area (Å²) in [7, 11) is 1.75. The maximum atomic E-state index is 11.8. The van der Waals surface area contributed by atoms with Crippen LogP contribution >= 0.6 is 0 Å². The van der Waals surface area contributed by atoms with Gasteiger partial charge in [-0.25, -0.2) is 4.68 Å². The van der Waals surface area contributed by atoms with E-state index in [1.54, 1.807) is 11.7 Å². The first-order valence-electron chi connectivity index (χ1n) is 5.82. The maximum Gasteiger partial charge on any atom is 0.240 e. The third-order valence-corrected chi connectivity index (χ3v) is 2.76. The van der Waals surface area contributed by atoms with Gasteiger partial charge < -0.3 is 5.32 Å². The topological polar surface area (TPSA) is 75.1 Å². The molecule has 94 valence electrons. The molecule has 1 fully saturated rings. The molecule has 1 aliphatic rings. The lowest BCUT2D eigenvalue weighted by atomic mass is 10.4. The monoisotopic (exact) mass is 238 g/mol. The van der Waals surface area contributed by atoms with Crippen LogP contribution in [-0.2, 0) is 11.8 Å². The second kappa shape index (κ2) is 5.74. The highest BCUT2D eigenvalue weighted by atomic mass is 16.2. The number of carbonyl (C=O) groups is 1. The molecule has 17 heavy (non-hydrogen) atoms. The van der Waals surface area contributed by atoms with Crippen LogP contribution in [-0.4, -0.2) is 58.3 Å². The van der Waals surface area contributed by atoms with Gasteiger partial charge in [-0.2, -0.15) is 10.1 Å². The summed E-state index contributed by atoms with van der Waals surface area (Å²) in [4.78, 5) is 17.9. The summed E-state index contributed by atoms with van der Waals surface area (Å²) in [6.07, 6.45) is 2.50. The summed E-state index contributed by atoms with van der Waals surface area (Å²) in [6, 6.07) is 0. The van der Waals surface area contributed by atoms with Crippen molar-refractivity contribution in [3.8, 4) is 0 Å². The number of nitrogens with one attached hydrogen (secondary N) is 2. The molecular weight excluding hydrogens is 220 g/mol. The second-order valence-corrected chi connectivity index (χ2v) is 4.14. The van der Waals surface area contributed by atoms with Gasteiger partial charge in [0, 0.05) is 20.1 Å². The molecule has 1 aliphatic heterocycles. The SMILES string of the molecule is Cn1ncnc1NC(=O)CN1CCCNCC1. The van der Waals surface area contributed by atoms with Crippen molar-refractivity contribution in [1.29, 1.82) is 0 Å². The number of nitrogens with zero attached hydrogens (tertiary/aromatic N) is 4. The van der Waals surface area contributed by atoms with Gasteiger partial charge in [-0.1, -0.05) is 0 Å². The molecule has 1 amide bonds. The minimum atomic E-state index is -0.0389. The van der Waals surface area contributed by atoms with Crippen LogP contribution in [0.1, 0.15) is 6.42 Å². The fourth-order valence-corrected chi connectivity index (χ4v) is 1.84. The molecule has 2 rings (SSSR count). The van der Waals surface area contributed by atoms with Gasteiger partial charge in [-0.3, -0.25) is 15.0 Å². The van der Waals surface area contributed by atoms with Crippen molar-refractivity contribution >= 4 is 11.9 Å². The van der Waals surface area contributed by atoms with E-state index < -0.39 is 0 Å². The first kappa shape index (κ1) is 12.0. The number of anilines is 1. The predicted octanol–water partition coefficient (Wildman–Crippen LogP) is -0.951. The Hall–Kier alpha value is -1.47. The van der Waals surface area contributed by atoms with E-state index in [2.05, 4.69) is 25.6 Å². The summed E-state index contributed by atoms with van der Waals surface area (Å²) < 4.78 is 1.54. The van der Waals surface area contributed by atoms with Crippen molar-refractivity contribution in [3.63, 3.8) is 0 Å². The zero-order chi connectivity index (χ0) is 12.1. The molecule has 0 spiro atoms. The zero-order valence-corrected chi connectivity index (χ0v) is 10.0. The lowest BCUT2D eigenvalue weighted by Gasteiger charge is -2.18. The number of amides is 1. The van der Waals surface area contributed by atoms with Crippen LogP contribution in [0.5, 0.6) is 0 Å². The van der Waals surface area contributed by atoms with E-state index in [9.17, 15) is 4.79 Å². The molecule has 2 heterocycles. The molecule has 1 saturated heterocycles. The van der Waals surface area contributed by atoms with E-state index >= 15 is 0 Å². The smallest absolute Gasteiger partial charge is 0.240 e. The molecule has 0 saturated carbocycles. The van der Waals surface area contributed by atoms with Crippen LogP contribution in [0.2, 0.25) is 0 Å². The highest BCUT2D eigenvalue weighted by Crippen LogP contribution is 1.99. The van der Waals surface area contributed by atoms with Crippen molar-refractivity contribution in [2.75, 3.05) is 38.0 Å². The number of rotatable bonds is 3. The van der Waals surface area contributed by atoms with Gasteiger partial charge in [0.15, 0.2) is 0 Å². The Labute approximate surface area is 100 Å². The molecule has 2 N–H and O–H groups in total. The molecular formula is C10H18N6O. The molecule has 7 heteroatoms. The van der Waals surface area contributed by atoms with Crippen LogP contribution in [0.4, 0.5) is 5.95 Å². The lowest BCUT2D eigenvalue weighted by molar-refractivity contribution is -0.117. The number of aromatic nitrogens is 3. The van der Waals surface area contributed by atoms with Gasteiger partial charge in [0.25, 0.3) is 0 Å². The Morgan fingerprint density at radius 2 is 2.41 bits per heavy atom. The van der Waals surface area contributed by atoms with Crippen molar-refractivity contribution in [1.82, 2.24) is 25.0 Å². The highest BCUT2D eigenvalue weighted by molar-refractivity contribution is 5.90. The molecule has 0 bridgehead atoms. The van der Waals surface area contributed by atoms with E-state index in [0.717, 1.165) is 32.6 Å². The van der Waals surface area contributed by atoms with Crippen molar-refractivity contribution in [2.45, 2.75) is 6.42 Å². The van der Waals surface area contributed by atoms with Crippen LogP contribution in [0.15, 0.2) is 6.33 Å². The molecule has 0 unspecified atom stereocenters. The first-order chi connectivity index (χ1) is 8.25. The van der Waals surface area contributed by atoms with Gasteiger partial charge in [0.05, 0.1) is 6.54 Å². The van der Waals surface area contributed by atoms with E-state index in [1.165, 1.54) is 6.33 Å². The zero-order valence-electron chi connectivity index (χ0n) is 10.0. The summed E-state index contributed by atoms with van der Waals surface area (Å²) in [5.41, 5.74) is 0. The van der Waals surface area contributed by atoms with E-state index in [-0.39, 0.29) is 5.91 Å². The van der Waals surface area contributed by atoms with Crippen molar-refractivity contribution < 1.29 is 4.79 Å². The van der Waals surface area contributed by atoms with Gasteiger partial charge in [0.2, 0.25) is 11.9 Å². The van der Waals surface area contributed by atoms with Crippen LogP contribution in [0.3, 0.4) is 0 Å². The molecule has 7 nitrogen and oxygen atoms in total. The number of hydrogen-bond donors (Lipinski definition) is 2. The minimum absolute atomic E-state index is 0.0389. The Kier molecular flexibility index (Phi) is 4.05. The van der Waals surface area contributed by atoms with E-state index in [4.69, 9.17) is 0 Å². The second-order valence-electron chi connectivity index (χ2n) is 4.14. The average Bonchev–Trinajstić information content (AvgIpc) is 2.55. The number of hydrogen-bond acceptors (Lipinski definition) is 5. The van der Waals surface area contributed by atoms with Gasteiger partial charge in [-0.05, 0) is 19.5 Å². The lowest BCUT2D eigenvalue weighted by Crippen LogP contribution is -2.36. The fraction of sp³-hybridized carbons (Fsp3) is 0.700. The third kappa shape index (κ3) is 3.50. The molecule has 0 aromatic carbocycles. The molecule has 1 aromatic rings. The van der Waals surface area contributed by atoms with Crippen LogP contribution in [0.25, 0.3) is 0 Å². The van der Waals surface area contributed by atoms with Gasteiger partial charge in [0.1, 0.15) is 6.33 Å². The first-order valence-corrected chi connectivity index (χ1v) is 5.82. The fourth-order valence-electron chi connectivity index (χ4n) is 1.84. The van der Waals surface area contributed by atoms with Crippen molar-refractivity contribution in [2.24, 2.45) is 7.05 Å². The normalized spacial score (nSPS) is 17.7. The quantitative estimate of drug-likeness (QED) is 0.710. The average molecular weight is 238 g/mol. The summed E-state index contributed by atoms with van der Waals surface area (Å²) in [5, 5.41) is 9.95. The Bertz CT molecular complexity index is 369. The summed E-state index contributed by atoms with van der Waals surface area (Å²) in [6.45, 7) is 4.25.